The number of fused-ring (bicyclic) bond motifs is 1. The summed E-state index contributed by atoms with van der Waals surface area (Å²) in [6.45, 7) is 1.86. The lowest BCUT2D eigenvalue weighted by Crippen LogP contribution is -2.13. The lowest BCUT2D eigenvalue weighted by atomic mass is 10.1. The largest absolute Gasteiger partial charge is 0.322 e. The first-order chi connectivity index (χ1) is 13.0. The van der Waals surface area contributed by atoms with Crippen LogP contribution in [0.1, 0.15) is 15.9 Å². The van der Waals surface area contributed by atoms with Crippen molar-refractivity contribution in [2.24, 2.45) is 0 Å². The number of benzene rings is 2. The number of hydrogen-bond donors (Lipinski definition) is 1. The third-order valence-electron chi connectivity index (χ3n) is 4.04. The molecule has 4 aromatic rings. The van der Waals surface area contributed by atoms with Gasteiger partial charge in [0, 0.05) is 11.9 Å². The topological polar surface area (TPSA) is 72.7 Å². The van der Waals surface area contributed by atoms with E-state index >= 15 is 0 Å². The van der Waals surface area contributed by atoms with Crippen LogP contribution in [-0.4, -0.2) is 25.9 Å². The lowest BCUT2D eigenvalue weighted by Gasteiger charge is -2.08. The number of amides is 1. The molecule has 4 rings (SSSR count). The summed E-state index contributed by atoms with van der Waals surface area (Å²) >= 11 is 5.98. The maximum atomic E-state index is 13.1. The van der Waals surface area contributed by atoms with Crippen molar-refractivity contribution in [2.75, 3.05) is 5.32 Å². The zero-order chi connectivity index (χ0) is 19.0. The predicted molar refractivity (Wildman–Crippen MR) is 101 cm³/mol. The third kappa shape index (κ3) is 3.37. The Balaban J connectivity index is 1.68. The van der Waals surface area contributed by atoms with Gasteiger partial charge in [-0.3, -0.25) is 4.79 Å². The van der Waals surface area contributed by atoms with Gasteiger partial charge in [-0.05, 0) is 61.0 Å². The van der Waals surface area contributed by atoms with Gasteiger partial charge >= 0.3 is 0 Å². The van der Waals surface area contributed by atoms with E-state index in [0.29, 0.717) is 22.4 Å². The molecular weight excluding hydrogens is 369 g/mol. The zero-order valence-corrected chi connectivity index (χ0v) is 14.9. The lowest BCUT2D eigenvalue weighted by molar-refractivity contribution is 0.102. The molecule has 0 fully saturated rings. The highest BCUT2D eigenvalue weighted by atomic mass is 35.5. The molecule has 2 heterocycles. The summed E-state index contributed by atoms with van der Waals surface area (Å²) in [5, 5.41) is 11.8. The van der Waals surface area contributed by atoms with Crippen LogP contribution in [-0.2, 0) is 0 Å². The molecule has 0 radical (unpaired) electrons. The maximum absolute atomic E-state index is 13.1. The van der Waals surface area contributed by atoms with Gasteiger partial charge in [-0.15, -0.1) is 10.2 Å². The molecule has 2 aromatic heterocycles. The second-order valence-electron chi connectivity index (χ2n) is 5.92. The van der Waals surface area contributed by atoms with Gasteiger partial charge < -0.3 is 5.32 Å². The van der Waals surface area contributed by atoms with Crippen LogP contribution in [0.3, 0.4) is 0 Å². The highest BCUT2D eigenvalue weighted by molar-refractivity contribution is 6.33. The van der Waals surface area contributed by atoms with Gasteiger partial charge in [0.15, 0.2) is 0 Å². The highest BCUT2D eigenvalue weighted by Crippen LogP contribution is 2.23. The summed E-state index contributed by atoms with van der Waals surface area (Å²) in [4.78, 5) is 17.8. The molecule has 0 unspecified atom stereocenters. The van der Waals surface area contributed by atoms with Crippen LogP contribution in [0.2, 0.25) is 5.15 Å². The summed E-state index contributed by atoms with van der Waals surface area (Å²) in [5.41, 5.74) is 3.60. The second kappa shape index (κ2) is 6.77. The van der Waals surface area contributed by atoms with Crippen molar-refractivity contribution in [3.05, 3.63) is 76.8 Å². The first kappa shape index (κ1) is 17.1. The molecule has 1 amide bonds. The van der Waals surface area contributed by atoms with Crippen molar-refractivity contribution in [1.82, 2.24) is 20.0 Å². The van der Waals surface area contributed by atoms with Crippen LogP contribution in [0, 0.1) is 12.7 Å². The summed E-state index contributed by atoms with van der Waals surface area (Å²) in [6.07, 6.45) is 1.52. The summed E-state index contributed by atoms with van der Waals surface area (Å²) < 4.78 is 13.1. The van der Waals surface area contributed by atoms with Crippen LogP contribution >= 0.6 is 11.6 Å². The molecule has 27 heavy (non-hydrogen) atoms. The van der Waals surface area contributed by atoms with E-state index in [4.69, 9.17) is 11.6 Å². The quantitative estimate of drug-likeness (QED) is 0.540. The smallest absolute Gasteiger partial charge is 0.258 e. The van der Waals surface area contributed by atoms with E-state index in [1.807, 2.05) is 13.0 Å². The molecule has 0 atom stereocenters. The van der Waals surface area contributed by atoms with Gasteiger partial charge in [-0.25, -0.2) is 9.37 Å². The zero-order valence-electron chi connectivity index (χ0n) is 14.1. The number of carbonyl (C=O) groups excluding carboxylic acids is 1. The van der Waals surface area contributed by atoms with Gasteiger partial charge in [0.1, 0.15) is 22.0 Å². The van der Waals surface area contributed by atoms with E-state index in [1.165, 1.54) is 23.1 Å². The Labute approximate surface area is 158 Å². The molecule has 0 aliphatic rings. The molecule has 8 heteroatoms. The Morgan fingerprint density at radius 1 is 1.11 bits per heavy atom. The number of rotatable bonds is 3. The molecule has 2 aromatic carbocycles. The van der Waals surface area contributed by atoms with E-state index in [1.54, 1.807) is 30.3 Å². The monoisotopic (exact) mass is 381 g/mol. The standard InChI is InChI=1S/C19H13ClFN5O/c1-11-9-16-17(25-26(24-16)13-6-4-12(21)5-7-13)10-15(11)23-19(27)14-3-2-8-22-18(14)20/h2-10H,1H3,(H,23,27). The van der Waals surface area contributed by atoms with E-state index in [9.17, 15) is 9.18 Å². The van der Waals surface area contributed by atoms with Gasteiger partial charge in [-0.2, -0.15) is 4.80 Å². The third-order valence-corrected chi connectivity index (χ3v) is 4.34. The Hall–Kier alpha value is -3.32. The minimum absolute atomic E-state index is 0.135. The average Bonchev–Trinajstić information content (AvgIpc) is 3.05. The van der Waals surface area contributed by atoms with E-state index < -0.39 is 0 Å². The second-order valence-corrected chi connectivity index (χ2v) is 6.28. The average molecular weight is 382 g/mol. The van der Waals surface area contributed by atoms with Crippen molar-refractivity contribution in [3.63, 3.8) is 0 Å². The first-order valence-corrected chi connectivity index (χ1v) is 8.44. The summed E-state index contributed by atoms with van der Waals surface area (Å²) in [7, 11) is 0. The Kier molecular flexibility index (Phi) is 4.29. The van der Waals surface area contributed by atoms with Crippen LogP contribution < -0.4 is 5.32 Å². The SMILES string of the molecule is Cc1cc2nn(-c3ccc(F)cc3)nc2cc1NC(=O)c1cccnc1Cl. The van der Waals surface area contributed by atoms with E-state index in [-0.39, 0.29) is 22.4 Å². The fraction of sp³-hybridized carbons (Fsp3) is 0.0526. The van der Waals surface area contributed by atoms with Crippen molar-refractivity contribution in [2.45, 2.75) is 6.92 Å². The molecule has 1 N–H and O–H groups in total. The number of nitrogens with one attached hydrogen (secondary N) is 1. The van der Waals surface area contributed by atoms with Crippen LogP contribution in [0.4, 0.5) is 10.1 Å². The van der Waals surface area contributed by atoms with Crippen LogP contribution in [0.5, 0.6) is 0 Å². The van der Waals surface area contributed by atoms with Crippen molar-refractivity contribution < 1.29 is 9.18 Å². The molecule has 0 bridgehead atoms. The van der Waals surface area contributed by atoms with Crippen LogP contribution in [0.25, 0.3) is 16.7 Å². The highest BCUT2D eigenvalue weighted by Gasteiger charge is 2.14. The number of halogens is 2. The predicted octanol–water partition coefficient (Wildman–Crippen LogP) is 4.17. The summed E-state index contributed by atoms with van der Waals surface area (Å²) in [6, 6.07) is 12.7. The maximum Gasteiger partial charge on any atom is 0.258 e. The van der Waals surface area contributed by atoms with Gasteiger partial charge in [-0.1, -0.05) is 11.6 Å². The molecule has 134 valence electrons. The van der Waals surface area contributed by atoms with Crippen molar-refractivity contribution in [1.29, 1.82) is 0 Å². The van der Waals surface area contributed by atoms with Crippen molar-refractivity contribution in [3.8, 4) is 5.69 Å². The molecule has 0 aliphatic carbocycles. The normalized spacial score (nSPS) is 10.9. The molecule has 0 spiro atoms. The van der Waals surface area contributed by atoms with Crippen molar-refractivity contribution >= 4 is 34.2 Å². The molecule has 0 aliphatic heterocycles. The summed E-state index contributed by atoms with van der Waals surface area (Å²) in [5.74, 6) is -0.688. The number of anilines is 1. The Bertz CT molecular complexity index is 1160. The van der Waals surface area contributed by atoms with E-state index in [0.717, 1.165) is 5.56 Å². The number of nitrogens with zero attached hydrogens (tertiary/aromatic N) is 4. The molecule has 6 nitrogen and oxygen atoms in total. The van der Waals surface area contributed by atoms with Gasteiger partial charge in [0.25, 0.3) is 5.91 Å². The number of carbonyl (C=O) groups is 1. The van der Waals surface area contributed by atoms with E-state index in [2.05, 4.69) is 20.5 Å². The van der Waals surface area contributed by atoms with Crippen LogP contribution in [0.15, 0.2) is 54.7 Å². The number of pyridine rings is 1. The Morgan fingerprint density at radius 2 is 1.81 bits per heavy atom. The molecule has 0 saturated heterocycles. The number of hydrogen-bond acceptors (Lipinski definition) is 4. The van der Waals surface area contributed by atoms with Gasteiger partial charge in [0.2, 0.25) is 0 Å². The van der Waals surface area contributed by atoms with Gasteiger partial charge in [0.05, 0.1) is 11.3 Å². The fourth-order valence-corrected chi connectivity index (χ4v) is 2.84. The molecule has 0 saturated carbocycles. The fourth-order valence-electron chi connectivity index (χ4n) is 2.64. The number of aryl methyl sites for hydroxylation is 1. The molecular formula is C19H13ClFN5O. The Morgan fingerprint density at radius 3 is 2.52 bits per heavy atom. The minimum atomic E-state index is -0.360. The number of aromatic nitrogens is 4. The first-order valence-electron chi connectivity index (χ1n) is 8.07. The minimum Gasteiger partial charge on any atom is -0.322 e.